The summed E-state index contributed by atoms with van der Waals surface area (Å²) in [5.41, 5.74) is 16.2. The van der Waals surface area contributed by atoms with Gasteiger partial charge in [-0.25, -0.2) is 0 Å². The molecule has 1 atom stereocenters. The Kier molecular flexibility index (Phi) is 8.05. The SMILES string of the molecule is C1=Cc2c(n(-c3cc(C4=NC(c5ccccc5)NC(c5ccc(C6=CNCC=C6)c6ccccc56)=C4)cc(-n4c5ccccc5c5ccccc54)c3)c3ccccc23)CC1. The molecule has 5 nitrogen and oxygen atoms in total. The van der Waals surface area contributed by atoms with Crippen LogP contribution in [-0.2, 0) is 6.42 Å². The normalized spacial score (nSPS) is 16.1. The van der Waals surface area contributed by atoms with Crippen molar-refractivity contribution in [3.63, 3.8) is 0 Å². The van der Waals surface area contributed by atoms with Crippen molar-refractivity contribution >= 4 is 66.5 Å². The molecule has 2 aliphatic heterocycles. The molecule has 0 radical (unpaired) electrons. The summed E-state index contributed by atoms with van der Waals surface area (Å²) in [6.07, 6.45) is 15.1. The lowest BCUT2D eigenvalue weighted by Crippen LogP contribution is -2.25. The van der Waals surface area contributed by atoms with Crippen molar-refractivity contribution in [3.05, 3.63) is 222 Å². The summed E-state index contributed by atoms with van der Waals surface area (Å²) in [6, 6.07) is 57.4. The zero-order chi connectivity index (χ0) is 39.6. The topological polar surface area (TPSA) is 46.3 Å². The van der Waals surface area contributed by atoms with Crippen molar-refractivity contribution in [3.8, 4) is 11.4 Å². The number of nitrogens with zero attached hydrogens (tertiary/aromatic N) is 3. The zero-order valence-corrected chi connectivity index (χ0v) is 33.0. The largest absolute Gasteiger partial charge is 0.387 e. The van der Waals surface area contributed by atoms with Crippen molar-refractivity contribution < 1.29 is 0 Å². The average Bonchev–Trinajstić information content (AvgIpc) is 3.85. The number of hydrogen-bond donors (Lipinski definition) is 2. The minimum atomic E-state index is -0.293. The molecule has 7 aromatic carbocycles. The van der Waals surface area contributed by atoms with Gasteiger partial charge in [0.1, 0.15) is 6.17 Å². The molecule has 2 N–H and O–H groups in total. The lowest BCUT2D eigenvalue weighted by Gasteiger charge is -2.26. The molecule has 12 rings (SSSR count). The summed E-state index contributed by atoms with van der Waals surface area (Å²) < 4.78 is 4.94. The number of fused-ring (bicyclic) bond motifs is 7. The van der Waals surface area contributed by atoms with Gasteiger partial charge >= 0.3 is 0 Å². The zero-order valence-electron chi connectivity index (χ0n) is 33.0. The minimum absolute atomic E-state index is 0.293. The van der Waals surface area contributed by atoms with Crippen LogP contribution in [0.1, 0.15) is 46.1 Å². The summed E-state index contributed by atoms with van der Waals surface area (Å²) in [5, 5.41) is 13.5. The summed E-state index contributed by atoms with van der Waals surface area (Å²) in [7, 11) is 0. The van der Waals surface area contributed by atoms with Gasteiger partial charge in [-0.3, -0.25) is 4.99 Å². The number of para-hydroxylation sites is 3. The van der Waals surface area contributed by atoms with E-state index in [0.717, 1.165) is 58.9 Å². The van der Waals surface area contributed by atoms with Crippen LogP contribution in [0.2, 0.25) is 0 Å². The number of aromatic nitrogens is 2. The van der Waals surface area contributed by atoms with Gasteiger partial charge in [0.2, 0.25) is 0 Å². The fraction of sp³-hybridized carbons (Fsp3) is 0.0727. The molecular formula is C55H41N5. The molecule has 9 aromatic rings. The van der Waals surface area contributed by atoms with E-state index in [2.05, 4.69) is 214 Å². The monoisotopic (exact) mass is 771 g/mol. The van der Waals surface area contributed by atoms with Crippen LogP contribution in [0.4, 0.5) is 0 Å². The van der Waals surface area contributed by atoms with E-state index < -0.39 is 0 Å². The van der Waals surface area contributed by atoms with Crippen molar-refractivity contribution in [2.24, 2.45) is 4.99 Å². The Morgan fingerprint density at radius 3 is 1.88 bits per heavy atom. The first-order valence-corrected chi connectivity index (χ1v) is 20.9. The molecule has 1 unspecified atom stereocenters. The van der Waals surface area contributed by atoms with Crippen LogP contribution in [-0.4, -0.2) is 21.4 Å². The highest BCUT2D eigenvalue weighted by Crippen LogP contribution is 2.39. The maximum absolute atomic E-state index is 5.56. The van der Waals surface area contributed by atoms with Gasteiger partial charge in [0, 0.05) is 68.4 Å². The summed E-state index contributed by atoms with van der Waals surface area (Å²) >= 11 is 0. The van der Waals surface area contributed by atoms with Crippen LogP contribution in [0.3, 0.4) is 0 Å². The number of benzene rings is 7. The third-order valence-electron chi connectivity index (χ3n) is 12.4. The van der Waals surface area contributed by atoms with E-state index in [4.69, 9.17) is 4.99 Å². The molecule has 0 saturated carbocycles. The maximum atomic E-state index is 5.56. The number of nitrogens with one attached hydrogen (secondary N) is 2. The van der Waals surface area contributed by atoms with Crippen molar-refractivity contribution in [1.82, 2.24) is 19.8 Å². The fourth-order valence-corrected chi connectivity index (χ4v) is 9.73. The fourth-order valence-electron chi connectivity index (χ4n) is 9.73. The van der Waals surface area contributed by atoms with Crippen LogP contribution in [0.25, 0.3) is 72.2 Å². The molecule has 2 aromatic heterocycles. The lowest BCUT2D eigenvalue weighted by atomic mass is 9.92. The summed E-state index contributed by atoms with van der Waals surface area (Å²) in [5.74, 6) is 0. The molecule has 0 fully saturated rings. The second kappa shape index (κ2) is 14.0. The number of aliphatic imine (C=N–C) groups is 1. The minimum Gasteiger partial charge on any atom is -0.387 e. The number of dihydropyridines is 1. The van der Waals surface area contributed by atoms with Crippen LogP contribution >= 0.6 is 0 Å². The number of allylic oxidation sites excluding steroid dienone is 4. The average molecular weight is 772 g/mol. The Morgan fingerprint density at radius 2 is 1.17 bits per heavy atom. The highest BCUT2D eigenvalue weighted by atomic mass is 15.1. The van der Waals surface area contributed by atoms with E-state index >= 15 is 0 Å². The molecule has 0 saturated heterocycles. The molecule has 0 spiro atoms. The standard InChI is InChI=1S/C55H41N5/c1-2-15-36(16-3-1)55-57-49(34-50(58-55)44-29-28-41(37-17-14-30-56-35-37)42-18-4-5-19-43(42)44)38-31-39(59-51-24-10-6-20-45(51)46-21-7-11-25-52(46)59)33-40(32-38)60-53-26-12-8-22-47(53)48-23-9-13-27-54(48)60/h1-12,14-26,28-29,31-35,55-56,58H,13,27,30H2. The maximum Gasteiger partial charge on any atom is 0.145 e. The molecule has 4 heterocycles. The lowest BCUT2D eigenvalue weighted by molar-refractivity contribution is 0.664. The first-order valence-electron chi connectivity index (χ1n) is 20.9. The molecule has 60 heavy (non-hydrogen) atoms. The van der Waals surface area contributed by atoms with Gasteiger partial charge in [-0.1, -0.05) is 146 Å². The van der Waals surface area contributed by atoms with Gasteiger partial charge in [-0.05, 0) is 82.8 Å². The second-order valence-corrected chi connectivity index (χ2v) is 15.9. The Hall–Kier alpha value is -7.63. The van der Waals surface area contributed by atoms with E-state index in [0.29, 0.717) is 0 Å². The first kappa shape index (κ1) is 34.4. The summed E-state index contributed by atoms with van der Waals surface area (Å²) in [4.78, 5) is 5.56. The van der Waals surface area contributed by atoms with E-state index in [9.17, 15) is 0 Å². The third kappa shape index (κ3) is 5.58. The van der Waals surface area contributed by atoms with Crippen molar-refractivity contribution in [1.29, 1.82) is 0 Å². The van der Waals surface area contributed by atoms with Crippen LogP contribution in [0.5, 0.6) is 0 Å². The van der Waals surface area contributed by atoms with Crippen molar-refractivity contribution in [2.45, 2.75) is 19.0 Å². The smallest absolute Gasteiger partial charge is 0.145 e. The van der Waals surface area contributed by atoms with Crippen LogP contribution < -0.4 is 10.6 Å². The highest BCUT2D eigenvalue weighted by Gasteiger charge is 2.25. The molecule has 1 aliphatic carbocycles. The van der Waals surface area contributed by atoms with E-state index in [1.54, 1.807) is 0 Å². The summed E-state index contributed by atoms with van der Waals surface area (Å²) in [6.45, 7) is 0.846. The molecule has 5 heteroatoms. The van der Waals surface area contributed by atoms with Crippen LogP contribution in [0, 0.1) is 0 Å². The van der Waals surface area contributed by atoms with Crippen molar-refractivity contribution in [2.75, 3.05) is 6.54 Å². The van der Waals surface area contributed by atoms with Crippen LogP contribution in [0.15, 0.2) is 193 Å². The third-order valence-corrected chi connectivity index (χ3v) is 12.4. The van der Waals surface area contributed by atoms with Gasteiger partial charge in [0.05, 0.1) is 22.3 Å². The first-order chi connectivity index (χ1) is 29.8. The highest BCUT2D eigenvalue weighted by molar-refractivity contribution is 6.16. The molecular weight excluding hydrogens is 731 g/mol. The Morgan fingerprint density at radius 1 is 0.550 bits per heavy atom. The molecule has 0 amide bonds. The molecule has 0 bridgehead atoms. The van der Waals surface area contributed by atoms with E-state index in [-0.39, 0.29) is 6.17 Å². The van der Waals surface area contributed by atoms with Gasteiger partial charge in [-0.15, -0.1) is 0 Å². The molecule has 286 valence electrons. The Balaban J connectivity index is 1.12. The number of hydrogen-bond acceptors (Lipinski definition) is 3. The predicted molar refractivity (Wildman–Crippen MR) is 251 cm³/mol. The quantitative estimate of drug-likeness (QED) is 0.177. The second-order valence-electron chi connectivity index (χ2n) is 15.9. The Bertz CT molecular complexity index is 3300. The van der Waals surface area contributed by atoms with Gasteiger partial charge in [0.25, 0.3) is 0 Å². The van der Waals surface area contributed by atoms with Gasteiger partial charge < -0.3 is 19.8 Å². The predicted octanol–water partition coefficient (Wildman–Crippen LogP) is 12.5. The Labute approximate surface area is 348 Å². The number of rotatable bonds is 6. The van der Waals surface area contributed by atoms with Gasteiger partial charge in [-0.2, -0.15) is 0 Å². The molecule has 3 aliphatic rings. The van der Waals surface area contributed by atoms with E-state index in [1.165, 1.54) is 65.9 Å². The van der Waals surface area contributed by atoms with Gasteiger partial charge in [0.15, 0.2) is 0 Å². The van der Waals surface area contributed by atoms with E-state index in [1.807, 2.05) is 0 Å².